The van der Waals surface area contributed by atoms with E-state index in [9.17, 15) is 0 Å². The van der Waals surface area contributed by atoms with Crippen LogP contribution in [-0.2, 0) is 0 Å². The van der Waals surface area contributed by atoms with E-state index in [1.165, 1.54) is 0 Å². The van der Waals surface area contributed by atoms with Gasteiger partial charge in [0.05, 0.1) is 0 Å². The fraction of sp³-hybridized carbons (Fsp3) is 1.00. The van der Waals surface area contributed by atoms with E-state index >= 15 is 0 Å². The topological polar surface area (TPSA) is 46.2 Å². The number of nitrogens with two attached hydrogens (primary N) is 1. The van der Waals surface area contributed by atoms with E-state index in [1.807, 2.05) is 6.92 Å². The molecule has 0 heterocycles. The second kappa shape index (κ2) is 34.5. The minimum absolute atomic E-state index is 0. The summed E-state index contributed by atoms with van der Waals surface area (Å²) in [5.41, 5.74) is 4.85. The molecule has 0 bridgehead atoms. The SMILES string of the molecule is CCN.CCO.Cl. The second-order valence-electron chi connectivity index (χ2n) is 0.724. The summed E-state index contributed by atoms with van der Waals surface area (Å²) < 4.78 is 0. The minimum Gasteiger partial charge on any atom is -0.397 e. The molecule has 0 rings (SSSR count). The Balaban J connectivity index is -0.0000000400. The van der Waals surface area contributed by atoms with Gasteiger partial charge in [-0.25, -0.2) is 0 Å². The molecule has 0 saturated heterocycles. The first-order valence-electron chi connectivity index (χ1n) is 2.14. The highest BCUT2D eigenvalue weighted by Crippen LogP contribution is 1.30. The van der Waals surface area contributed by atoms with E-state index in [2.05, 4.69) is 0 Å². The van der Waals surface area contributed by atoms with Crippen LogP contribution in [0.5, 0.6) is 0 Å². The Kier molecular flexibility index (Phi) is 77.3. The lowest BCUT2D eigenvalue weighted by molar-refractivity contribution is 0.318. The molecule has 0 aliphatic rings. The summed E-state index contributed by atoms with van der Waals surface area (Å²) >= 11 is 0. The maximum absolute atomic E-state index is 7.57. The molecule has 3 N–H and O–H groups in total. The smallest absolute Gasteiger partial charge is 0.0402 e. The van der Waals surface area contributed by atoms with Gasteiger partial charge in [-0.2, -0.15) is 0 Å². The molecule has 3 heteroatoms. The van der Waals surface area contributed by atoms with Crippen LogP contribution in [0.3, 0.4) is 0 Å². The van der Waals surface area contributed by atoms with Crippen LogP contribution in [0, 0.1) is 0 Å². The molecule has 0 aliphatic carbocycles. The van der Waals surface area contributed by atoms with Crippen molar-refractivity contribution >= 4 is 12.4 Å². The average molecular weight is 128 g/mol. The summed E-state index contributed by atoms with van der Waals surface area (Å²) in [6.07, 6.45) is 0. The van der Waals surface area contributed by atoms with Gasteiger partial charge in [-0.3, -0.25) is 0 Å². The normalized spacial score (nSPS) is 5.14. The molecule has 48 valence electrons. The third kappa shape index (κ3) is 2500. The van der Waals surface area contributed by atoms with Gasteiger partial charge in [0.25, 0.3) is 0 Å². The number of hydrogen-bond donors (Lipinski definition) is 2. The van der Waals surface area contributed by atoms with Crippen LogP contribution in [-0.4, -0.2) is 18.3 Å². The molecular weight excluding hydrogens is 114 g/mol. The molecule has 0 radical (unpaired) electrons. The van der Waals surface area contributed by atoms with Gasteiger partial charge < -0.3 is 10.8 Å². The van der Waals surface area contributed by atoms with Crippen molar-refractivity contribution in [3.8, 4) is 0 Å². The van der Waals surface area contributed by atoms with Crippen LogP contribution >= 0.6 is 12.4 Å². The average Bonchev–Trinajstić information content (AvgIpc) is 1.39. The Bertz CT molecular complexity index is 13.7. The van der Waals surface area contributed by atoms with E-state index in [0.29, 0.717) is 0 Å². The van der Waals surface area contributed by atoms with Crippen molar-refractivity contribution < 1.29 is 5.11 Å². The highest BCUT2D eigenvalue weighted by molar-refractivity contribution is 5.85. The standard InChI is InChI=1S/C2H7N.C2H6O.ClH/c2*1-2-3;/h2-3H2,1H3;3H,2H2,1H3;1H. The van der Waals surface area contributed by atoms with Gasteiger partial charge in [0.15, 0.2) is 0 Å². The highest BCUT2D eigenvalue weighted by atomic mass is 35.5. The molecule has 0 fully saturated rings. The summed E-state index contributed by atoms with van der Waals surface area (Å²) in [4.78, 5) is 0. The zero-order valence-electron chi connectivity index (χ0n) is 4.85. The molecule has 0 atom stereocenters. The lowest BCUT2D eigenvalue weighted by atomic mass is 10.8. The van der Waals surface area contributed by atoms with Crippen molar-refractivity contribution in [1.29, 1.82) is 0 Å². The molecule has 0 aromatic carbocycles. The van der Waals surface area contributed by atoms with Crippen LogP contribution in [0.2, 0.25) is 0 Å². The lowest BCUT2D eigenvalue weighted by Crippen LogP contribution is -1.87. The van der Waals surface area contributed by atoms with Crippen LogP contribution < -0.4 is 5.73 Å². The van der Waals surface area contributed by atoms with E-state index in [4.69, 9.17) is 10.8 Å². The van der Waals surface area contributed by atoms with Crippen molar-refractivity contribution in [3.05, 3.63) is 0 Å². The van der Waals surface area contributed by atoms with Crippen LogP contribution in [0.15, 0.2) is 0 Å². The van der Waals surface area contributed by atoms with Gasteiger partial charge in [0.2, 0.25) is 0 Å². The first-order valence-corrected chi connectivity index (χ1v) is 2.14. The van der Waals surface area contributed by atoms with Gasteiger partial charge in [-0.15, -0.1) is 12.4 Å². The third-order valence-electron chi connectivity index (χ3n) is 0. The van der Waals surface area contributed by atoms with Crippen LogP contribution in [0.4, 0.5) is 0 Å². The monoisotopic (exact) mass is 127 g/mol. The minimum atomic E-state index is 0. The first-order chi connectivity index (χ1) is 2.83. The number of rotatable bonds is 0. The van der Waals surface area contributed by atoms with Gasteiger partial charge >= 0.3 is 0 Å². The molecule has 0 saturated carbocycles. The Hall–Kier alpha value is 0.210. The summed E-state index contributed by atoms with van der Waals surface area (Å²) in [6, 6.07) is 0. The molecule has 0 unspecified atom stereocenters. The maximum atomic E-state index is 7.57. The Morgan fingerprint density at radius 1 is 1.43 bits per heavy atom. The second-order valence-corrected chi connectivity index (χ2v) is 0.724. The van der Waals surface area contributed by atoms with E-state index in [1.54, 1.807) is 6.92 Å². The lowest BCUT2D eigenvalue weighted by Gasteiger charge is -1.53. The predicted octanol–water partition coefficient (Wildman–Crippen LogP) is 0.385. The van der Waals surface area contributed by atoms with Gasteiger partial charge in [0.1, 0.15) is 0 Å². The third-order valence-corrected chi connectivity index (χ3v) is 0. The van der Waals surface area contributed by atoms with Gasteiger partial charge in [0, 0.05) is 6.61 Å². The Labute approximate surface area is 51.1 Å². The van der Waals surface area contributed by atoms with Crippen LogP contribution in [0.25, 0.3) is 0 Å². The summed E-state index contributed by atoms with van der Waals surface area (Å²) in [7, 11) is 0. The Morgan fingerprint density at radius 3 is 1.43 bits per heavy atom. The molecule has 2 nitrogen and oxygen atoms in total. The molecule has 0 amide bonds. The van der Waals surface area contributed by atoms with Gasteiger partial charge in [-0.05, 0) is 13.5 Å². The summed E-state index contributed by atoms with van der Waals surface area (Å²) in [6.45, 7) is 4.58. The van der Waals surface area contributed by atoms with Crippen molar-refractivity contribution in [2.45, 2.75) is 13.8 Å². The molecule has 0 aliphatic heterocycles. The van der Waals surface area contributed by atoms with E-state index in [-0.39, 0.29) is 19.0 Å². The van der Waals surface area contributed by atoms with E-state index in [0.717, 1.165) is 6.54 Å². The summed E-state index contributed by atoms with van der Waals surface area (Å²) in [5.74, 6) is 0. The fourth-order valence-corrected chi connectivity index (χ4v) is 0. The quantitative estimate of drug-likeness (QED) is 0.495. The van der Waals surface area contributed by atoms with Crippen molar-refractivity contribution in [3.63, 3.8) is 0 Å². The van der Waals surface area contributed by atoms with Gasteiger partial charge in [-0.1, -0.05) is 6.92 Å². The number of aliphatic hydroxyl groups is 1. The molecule has 0 aromatic rings. The summed E-state index contributed by atoms with van der Waals surface area (Å²) in [5, 5.41) is 7.57. The molecule has 0 spiro atoms. The zero-order chi connectivity index (χ0) is 5.41. The first kappa shape index (κ1) is 15.7. The molecular formula is C4H14ClNO. The largest absolute Gasteiger partial charge is 0.397 e. The Morgan fingerprint density at radius 2 is 1.43 bits per heavy atom. The highest BCUT2D eigenvalue weighted by Gasteiger charge is 1.34. The zero-order valence-corrected chi connectivity index (χ0v) is 5.66. The molecule has 0 aromatic heterocycles. The fourth-order valence-electron chi connectivity index (χ4n) is 0. The molecule has 7 heavy (non-hydrogen) atoms. The van der Waals surface area contributed by atoms with Crippen molar-refractivity contribution in [2.75, 3.05) is 13.2 Å². The van der Waals surface area contributed by atoms with Crippen molar-refractivity contribution in [1.82, 2.24) is 0 Å². The van der Waals surface area contributed by atoms with E-state index < -0.39 is 0 Å². The number of hydrogen-bond acceptors (Lipinski definition) is 2. The predicted molar refractivity (Wildman–Crippen MR) is 34.7 cm³/mol. The van der Waals surface area contributed by atoms with Crippen LogP contribution in [0.1, 0.15) is 13.8 Å². The number of halogens is 1. The van der Waals surface area contributed by atoms with Crippen molar-refractivity contribution in [2.24, 2.45) is 5.73 Å². The number of aliphatic hydroxyl groups excluding tert-OH is 1. The maximum Gasteiger partial charge on any atom is 0.0402 e.